The molecule has 1 saturated heterocycles. The Bertz CT molecular complexity index is 133. The fraction of sp³-hybridized carbons (Fsp3) is 1.00. The zero-order valence-corrected chi connectivity index (χ0v) is 6.53. The second-order valence-electron chi connectivity index (χ2n) is 3.18. The quantitative estimate of drug-likeness (QED) is 0.510. The third-order valence-electron chi connectivity index (χ3n) is 2.21. The first kappa shape index (κ1) is 7.98. The Morgan fingerprint density at radius 1 is 1.40 bits per heavy atom. The van der Waals surface area contributed by atoms with E-state index < -0.39 is 11.9 Å². The third-order valence-corrected chi connectivity index (χ3v) is 2.21. The van der Waals surface area contributed by atoms with Gasteiger partial charge in [-0.15, -0.1) is 0 Å². The predicted octanol–water partition coefficient (Wildman–Crippen LogP) is 0.111. The molecule has 0 radical (unpaired) electrons. The Morgan fingerprint density at radius 2 is 1.90 bits per heavy atom. The minimum atomic E-state index is -1.35. The minimum Gasteiger partial charge on any atom is -0.387 e. The summed E-state index contributed by atoms with van der Waals surface area (Å²) in [7, 11) is 0. The van der Waals surface area contributed by atoms with E-state index in [1.165, 1.54) is 6.92 Å². The number of aliphatic hydroxyl groups excluding tert-OH is 1. The number of ether oxygens (including phenoxy) is 1. The highest BCUT2D eigenvalue weighted by Crippen LogP contribution is 2.32. The van der Waals surface area contributed by atoms with Gasteiger partial charge >= 0.3 is 0 Å². The van der Waals surface area contributed by atoms with Gasteiger partial charge in [0, 0.05) is 5.92 Å². The van der Waals surface area contributed by atoms with Crippen LogP contribution in [-0.2, 0) is 4.74 Å². The highest BCUT2D eigenvalue weighted by atomic mass is 16.7. The van der Waals surface area contributed by atoms with Gasteiger partial charge in [0.25, 0.3) is 0 Å². The van der Waals surface area contributed by atoms with E-state index in [9.17, 15) is 10.2 Å². The Morgan fingerprint density at radius 3 is 2.00 bits per heavy atom. The molecule has 0 saturated carbocycles. The molecular formula is C7H14O3. The first-order valence-corrected chi connectivity index (χ1v) is 3.53. The molecule has 0 aromatic heterocycles. The fourth-order valence-electron chi connectivity index (χ4n) is 1.30. The fourth-order valence-corrected chi connectivity index (χ4v) is 1.30. The summed E-state index contributed by atoms with van der Waals surface area (Å²) in [5, 5.41) is 18.7. The summed E-state index contributed by atoms with van der Waals surface area (Å²) in [6.45, 7) is 5.18. The van der Waals surface area contributed by atoms with Crippen LogP contribution in [0.25, 0.3) is 0 Å². The van der Waals surface area contributed by atoms with Crippen LogP contribution in [0.15, 0.2) is 0 Å². The van der Waals surface area contributed by atoms with Crippen molar-refractivity contribution in [1.29, 1.82) is 0 Å². The van der Waals surface area contributed by atoms with Crippen molar-refractivity contribution in [3.05, 3.63) is 0 Å². The van der Waals surface area contributed by atoms with Crippen molar-refractivity contribution in [2.75, 3.05) is 0 Å². The molecule has 3 heteroatoms. The monoisotopic (exact) mass is 146 g/mol. The van der Waals surface area contributed by atoms with Crippen LogP contribution < -0.4 is 0 Å². The van der Waals surface area contributed by atoms with E-state index in [1.807, 2.05) is 13.8 Å². The molecule has 4 unspecified atom stereocenters. The van der Waals surface area contributed by atoms with Crippen molar-refractivity contribution >= 4 is 0 Å². The molecule has 0 aromatic carbocycles. The highest BCUT2D eigenvalue weighted by Gasteiger charge is 2.46. The van der Waals surface area contributed by atoms with Crippen LogP contribution in [0, 0.1) is 5.92 Å². The van der Waals surface area contributed by atoms with Crippen LogP contribution in [0.5, 0.6) is 0 Å². The summed E-state index contributed by atoms with van der Waals surface area (Å²) >= 11 is 0. The van der Waals surface area contributed by atoms with Gasteiger partial charge in [0.05, 0.1) is 6.10 Å². The third kappa shape index (κ3) is 1.05. The molecule has 1 rings (SSSR count). The number of hydrogen-bond acceptors (Lipinski definition) is 3. The Balaban J connectivity index is 2.71. The lowest BCUT2D eigenvalue weighted by Gasteiger charge is -2.20. The summed E-state index contributed by atoms with van der Waals surface area (Å²) in [4.78, 5) is 0. The Labute approximate surface area is 60.6 Å². The van der Waals surface area contributed by atoms with Gasteiger partial charge in [0.1, 0.15) is 6.10 Å². The van der Waals surface area contributed by atoms with Crippen LogP contribution in [-0.4, -0.2) is 28.2 Å². The van der Waals surface area contributed by atoms with Crippen LogP contribution in [0.3, 0.4) is 0 Å². The molecule has 3 nitrogen and oxygen atoms in total. The molecule has 1 aliphatic rings. The molecule has 0 aliphatic carbocycles. The summed E-state index contributed by atoms with van der Waals surface area (Å²) < 4.78 is 5.08. The van der Waals surface area contributed by atoms with Crippen molar-refractivity contribution in [2.24, 2.45) is 5.92 Å². The number of aliphatic hydroxyl groups is 2. The van der Waals surface area contributed by atoms with E-state index in [2.05, 4.69) is 0 Å². The van der Waals surface area contributed by atoms with Crippen LogP contribution in [0.4, 0.5) is 0 Å². The maximum Gasteiger partial charge on any atom is 0.189 e. The normalized spacial score (nSPS) is 55.5. The van der Waals surface area contributed by atoms with Gasteiger partial charge < -0.3 is 14.9 Å². The van der Waals surface area contributed by atoms with E-state index in [0.717, 1.165) is 0 Å². The molecule has 0 bridgehead atoms. The molecule has 10 heavy (non-hydrogen) atoms. The second kappa shape index (κ2) is 2.19. The Hall–Kier alpha value is -0.120. The van der Waals surface area contributed by atoms with Gasteiger partial charge in [-0.2, -0.15) is 0 Å². The zero-order chi connectivity index (χ0) is 7.94. The molecule has 0 aromatic rings. The molecule has 60 valence electrons. The molecule has 1 heterocycles. The van der Waals surface area contributed by atoms with Crippen LogP contribution >= 0.6 is 0 Å². The van der Waals surface area contributed by atoms with Gasteiger partial charge in [-0.05, 0) is 13.8 Å². The molecule has 1 aliphatic heterocycles. The topological polar surface area (TPSA) is 49.7 Å². The van der Waals surface area contributed by atoms with Crippen LogP contribution in [0.2, 0.25) is 0 Å². The second-order valence-corrected chi connectivity index (χ2v) is 3.18. The van der Waals surface area contributed by atoms with E-state index in [-0.39, 0.29) is 12.0 Å². The maximum atomic E-state index is 9.33. The van der Waals surface area contributed by atoms with Gasteiger partial charge in [-0.1, -0.05) is 6.92 Å². The standard InChI is InChI=1S/C7H14O3/c1-4-5(2)10-7(3,9)6(4)8/h4-6,8-9H,1-3H3. The largest absolute Gasteiger partial charge is 0.387 e. The molecule has 4 atom stereocenters. The van der Waals surface area contributed by atoms with Gasteiger partial charge in [-0.25, -0.2) is 0 Å². The summed E-state index contributed by atoms with van der Waals surface area (Å²) in [5.74, 6) is -1.34. The van der Waals surface area contributed by atoms with E-state index in [1.54, 1.807) is 0 Å². The molecule has 0 spiro atoms. The average Bonchev–Trinajstić information content (AvgIpc) is 1.95. The first-order chi connectivity index (χ1) is 4.45. The summed E-state index contributed by atoms with van der Waals surface area (Å²) in [5.41, 5.74) is 0. The lowest BCUT2D eigenvalue weighted by Crippen LogP contribution is -2.37. The van der Waals surface area contributed by atoms with Crippen molar-refractivity contribution < 1.29 is 14.9 Å². The SMILES string of the molecule is CC1OC(C)(O)C(O)C1C. The van der Waals surface area contributed by atoms with Crippen molar-refractivity contribution in [3.8, 4) is 0 Å². The molecule has 1 fully saturated rings. The zero-order valence-electron chi connectivity index (χ0n) is 6.53. The summed E-state index contributed by atoms with van der Waals surface area (Å²) in [6.07, 6.45) is -0.826. The maximum absolute atomic E-state index is 9.33. The highest BCUT2D eigenvalue weighted by molar-refractivity contribution is 4.88. The smallest absolute Gasteiger partial charge is 0.189 e. The molecule has 0 amide bonds. The number of rotatable bonds is 0. The lowest BCUT2D eigenvalue weighted by atomic mass is 9.98. The van der Waals surface area contributed by atoms with E-state index >= 15 is 0 Å². The molecule has 2 N–H and O–H groups in total. The Kier molecular flexibility index (Phi) is 1.75. The van der Waals surface area contributed by atoms with Crippen molar-refractivity contribution in [3.63, 3.8) is 0 Å². The van der Waals surface area contributed by atoms with Gasteiger partial charge in [0.15, 0.2) is 5.79 Å². The lowest BCUT2D eigenvalue weighted by molar-refractivity contribution is -0.211. The van der Waals surface area contributed by atoms with Gasteiger partial charge in [0.2, 0.25) is 0 Å². The van der Waals surface area contributed by atoms with Crippen molar-refractivity contribution in [2.45, 2.75) is 38.8 Å². The predicted molar refractivity (Wildman–Crippen MR) is 36.3 cm³/mol. The van der Waals surface area contributed by atoms with E-state index in [0.29, 0.717) is 0 Å². The minimum absolute atomic E-state index is 0.00926. The molecular weight excluding hydrogens is 132 g/mol. The summed E-state index contributed by atoms with van der Waals surface area (Å²) in [6, 6.07) is 0. The van der Waals surface area contributed by atoms with E-state index in [4.69, 9.17) is 4.74 Å². The first-order valence-electron chi connectivity index (χ1n) is 3.53. The average molecular weight is 146 g/mol. The van der Waals surface area contributed by atoms with Crippen LogP contribution in [0.1, 0.15) is 20.8 Å². The number of hydrogen-bond donors (Lipinski definition) is 2. The van der Waals surface area contributed by atoms with Crippen molar-refractivity contribution in [1.82, 2.24) is 0 Å². The van der Waals surface area contributed by atoms with Gasteiger partial charge in [-0.3, -0.25) is 0 Å².